The fourth-order valence-corrected chi connectivity index (χ4v) is 5.51. The molecular formula is C47H65ClN12O8. The number of pyridine rings is 3. The number of nitro groups is 2. The molecule has 0 unspecified atom stereocenters. The second kappa shape index (κ2) is 32.2. The smallest absolute Gasteiger partial charge is 0.311 e. The summed E-state index contributed by atoms with van der Waals surface area (Å²) in [5.74, 6) is 3.08. The van der Waals surface area contributed by atoms with Crippen LogP contribution in [-0.2, 0) is 21.0 Å². The maximum atomic E-state index is 11.0. The zero-order valence-corrected chi connectivity index (χ0v) is 37.0. The molecule has 0 radical (unpaired) electrons. The molecule has 6 rings (SSSR count). The summed E-state index contributed by atoms with van der Waals surface area (Å²) in [6, 6.07) is 27.1. The predicted octanol–water partition coefficient (Wildman–Crippen LogP) is 9.79. The number of ether oxygens (including phenoxy) is 1. The van der Waals surface area contributed by atoms with Crippen LogP contribution in [0.2, 0.25) is 5.15 Å². The molecule has 0 atom stereocenters. The van der Waals surface area contributed by atoms with Gasteiger partial charge in [-0.25, -0.2) is 19.9 Å². The highest BCUT2D eigenvalue weighted by molar-refractivity contribution is 6.29. The molecule has 0 fully saturated rings. The van der Waals surface area contributed by atoms with Crippen molar-refractivity contribution in [3.05, 3.63) is 122 Å². The highest BCUT2D eigenvalue weighted by Gasteiger charge is 2.13. The Morgan fingerprint density at radius 2 is 1.16 bits per heavy atom. The summed E-state index contributed by atoms with van der Waals surface area (Å²) in [5.41, 5.74) is 18.9. The zero-order valence-electron chi connectivity index (χ0n) is 36.3. The minimum absolute atomic E-state index is 0. The van der Waals surface area contributed by atoms with E-state index in [2.05, 4.69) is 35.6 Å². The molecule has 4 aromatic heterocycles. The Bertz CT molecular complexity index is 2490. The van der Waals surface area contributed by atoms with E-state index >= 15 is 0 Å². The van der Waals surface area contributed by atoms with Gasteiger partial charge < -0.3 is 51.9 Å². The van der Waals surface area contributed by atoms with Gasteiger partial charge in [-0.15, -0.1) is 0 Å². The molecule has 6 aromatic rings. The standard InChI is InChI=1S/C24H24N4O2.C10H14N4O3.C5H4ClN3O2.C5H11NO.3CH4/c1-17(29)6-5-15-25-22-14-13-21-24(27-22)28-23(26-21)19-9-11-20(12-10-19)30-16-18-7-3-2-4-8-18;1-7(15)3-2-6-12-9-5-4-8(14(16)17)10(11)13-9;6-4-2-1-3(9(10)11)5(7)8-4;1-5(7)3-2-4-6;;;/h2-4,7-14H,5-6,15-16H2,1H3,(H2,25,26,27,28);4-5H,2-3,6H2,1H3,(H3,11,12,13);1-2H,(H2,7,8);2-4,6H2,1H3;3*1H4. The van der Waals surface area contributed by atoms with Crippen molar-refractivity contribution in [3.63, 3.8) is 0 Å². The van der Waals surface area contributed by atoms with E-state index in [1.807, 2.05) is 66.7 Å². The molecule has 68 heavy (non-hydrogen) atoms. The number of nitrogens with two attached hydrogens (primary N) is 3. The molecule has 0 bridgehead atoms. The van der Waals surface area contributed by atoms with E-state index in [9.17, 15) is 34.6 Å². The van der Waals surface area contributed by atoms with Crippen LogP contribution in [0.4, 0.5) is 34.6 Å². The number of H-pyrrole nitrogens is 1. The average Bonchev–Trinajstić information content (AvgIpc) is 3.70. The molecule has 368 valence electrons. The molecule has 0 saturated carbocycles. The van der Waals surface area contributed by atoms with Gasteiger partial charge in [0, 0.05) is 50.0 Å². The number of nitrogens with zero attached hydrogens (tertiary/aromatic N) is 6. The number of Topliss-reactive ketones (excluding diaryl/α,β-unsaturated/α-hetero) is 3. The molecule has 0 amide bonds. The van der Waals surface area contributed by atoms with Crippen LogP contribution < -0.4 is 32.6 Å². The molecule has 0 spiro atoms. The van der Waals surface area contributed by atoms with Crippen LogP contribution in [0, 0.1) is 20.2 Å². The van der Waals surface area contributed by atoms with Gasteiger partial charge in [-0.2, -0.15) is 0 Å². The lowest BCUT2D eigenvalue weighted by Crippen LogP contribution is -2.07. The van der Waals surface area contributed by atoms with Crippen molar-refractivity contribution in [1.29, 1.82) is 0 Å². The van der Waals surface area contributed by atoms with Gasteiger partial charge in [0.25, 0.3) is 0 Å². The lowest BCUT2D eigenvalue weighted by Gasteiger charge is -2.06. The zero-order chi connectivity index (χ0) is 47.7. The number of aromatic nitrogens is 5. The highest BCUT2D eigenvalue weighted by atomic mass is 35.5. The van der Waals surface area contributed by atoms with E-state index in [-0.39, 0.29) is 67.8 Å². The number of halogens is 1. The quantitative estimate of drug-likeness (QED) is 0.0190. The normalized spacial score (nSPS) is 9.72. The Morgan fingerprint density at radius 3 is 1.65 bits per heavy atom. The van der Waals surface area contributed by atoms with Crippen LogP contribution in [0.1, 0.15) is 87.1 Å². The molecular weight excluding hydrogens is 896 g/mol. The topological polar surface area (TPSA) is 316 Å². The molecule has 0 aliphatic carbocycles. The van der Waals surface area contributed by atoms with E-state index in [1.54, 1.807) is 13.8 Å². The number of carbonyl (C=O) groups excluding carboxylic acids is 3. The van der Waals surface area contributed by atoms with E-state index in [1.165, 1.54) is 31.2 Å². The fourth-order valence-electron chi connectivity index (χ4n) is 5.35. The maximum Gasteiger partial charge on any atom is 0.311 e. The third kappa shape index (κ3) is 22.6. The lowest BCUT2D eigenvalue weighted by atomic mass is 10.2. The van der Waals surface area contributed by atoms with Gasteiger partial charge in [-0.1, -0.05) is 64.2 Å². The third-order valence-electron chi connectivity index (χ3n) is 8.64. The van der Waals surface area contributed by atoms with Gasteiger partial charge in [0.05, 0.1) is 15.4 Å². The molecule has 0 aliphatic rings. The summed E-state index contributed by atoms with van der Waals surface area (Å²) in [6.45, 7) is 7.16. The first-order valence-corrected chi connectivity index (χ1v) is 20.7. The molecule has 4 heterocycles. The van der Waals surface area contributed by atoms with E-state index in [4.69, 9.17) is 33.5 Å². The molecule has 2 aromatic carbocycles. The number of benzene rings is 2. The number of nitrogens with one attached hydrogen (secondary N) is 3. The van der Waals surface area contributed by atoms with Crippen LogP contribution in [0.3, 0.4) is 0 Å². The number of carbonyl (C=O) groups is 3. The Hall–Kier alpha value is -7.58. The number of aromatic amines is 1. The Kier molecular flexibility index (Phi) is 28.6. The second-order valence-corrected chi connectivity index (χ2v) is 14.6. The summed E-state index contributed by atoms with van der Waals surface area (Å²) in [7, 11) is 0. The van der Waals surface area contributed by atoms with Crippen LogP contribution in [0.5, 0.6) is 5.75 Å². The molecule has 20 nitrogen and oxygen atoms in total. The summed E-state index contributed by atoms with van der Waals surface area (Å²) in [6.07, 6.45) is 4.02. The van der Waals surface area contributed by atoms with Crippen molar-refractivity contribution in [2.24, 2.45) is 5.73 Å². The van der Waals surface area contributed by atoms with Crippen LogP contribution in [0.25, 0.3) is 22.6 Å². The van der Waals surface area contributed by atoms with Crippen LogP contribution in [0.15, 0.2) is 91.0 Å². The maximum absolute atomic E-state index is 11.0. The first-order valence-electron chi connectivity index (χ1n) is 20.3. The van der Waals surface area contributed by atoms with Gasteiger partial charge in [0.1, 0.15) is 52.3 Å². The third-order valence-corrected chi connectivity index (χ3v) is 8.85. The van der Waals surface area contributed by atoms with E-state index in [0.29, 0.717) is 63.4 Å². The van der Waals surface area contributed by atoms with Gasteiger partial charge >= 0.3 is 11.4 Å². The van der Waals surface area contributed by atoms with E-state index < -0.39 is 9.85 Å². The van der Waals surface area contributed by atoms with Gasteiger partial charge in [0.2, 0.25) is 11.6 Å². The average molecular weight is 962 g/mol. The van der Waals surface area contributed by atoms with Crippen LogP contribution in [-0.4, -0.2) is 71.8 Å². The minimum atomic E-state index is -0.612. The number of ketones is 3. The van der Waals surface area contributed by atoms with Crippen molar-refractivity contribution in [3.8, 4) is 17.1 Å². The summed E-state index contributed by atoms with van der Waals surface area (Å²) < 4.78 is 5.85. The number of rotatable bonds is 19. The largest absolute Gasteiger partial charge is 0.489 e. The SMILES string of the molecule is C.C.C.CC(=O)CCCN.CC(=O)CCCNc1ccc([N+](=O)[O-])c(N)n1.CC(=O)CCCNc1ccc2[nH]c(-c3ccc(OCc4ccccc4)cc3)nc2n1.Nc1nc(Cl)ccc1[N+](=O)[O-]. The number of imidazole rings is 1. The lowest BCUT2D eigenvalue weighted by molar-refractivity contribution is -0.384. The molecule has 0 aliphatic heterocycles. The number of hydrogen-bond acceptors (Lipinski definition) is 17. The monoisotopic (exact) mass is 960 g/mol. The van der Waals surface area contributed by atoms with Crippen LogP contribution >= 0.6 is 11.6 Å². The predicted molar refractivity (Wildman–Crippen MR) is 272 cm³/mol. The number of nitrogen functional groups attached to an aromatic ring is 2. The molecule has 0 saturated heterocycles. The first-order chi connectivity index (χ1) is 31.1. The summed E-state index contributed by atoms with van der Waals surface area (Å²) in [5, 5.41) is 27.0. The highest BCUT2D eigenvalue weighted by Crippen LogP contribution is 2.24. The molecule has 21 heteroatoms. The molecule has 9 N–H and O–H groups in total. The van der Waals surface area contributed by atoms with Crippen molar-refractivity contribution in [1.82, 2.24) is 24.9 Å². The Balaban J connectivity index is 0.00000100. The Morgan fingerprint density at radius 1 is 0.662 bits per heavy atom. The van der Waals surface area contributed by atoms with Gasteiger partial charge in [0.15, 0.2) is 5.65 Å². The summed E-state index contributed by atoms with van der Waals surface area (Å²) in [4.78, 5) is 71.2. The van der Waals surface area contributed by atoms with E-state index in [0.717, 1.165) is 46.9 Å². The van der Waals surface area contributed by atoms with Gasteiger partial charge in [-0.3, -0.25) is 20.2 Å². The van der Waals surface area contributed by atoms with Crippen molar-refractivity contribution in [2.45, 2.75) is 88.2 Å². The van der Waals surface area contributed by atoms with Crippen molar-refractivity contribution in [2.75, 3.05) is 41.7 Å². The van der Waals surface area contributed by atoms with Crippen molar-refractivity contribution >= 4 is 74.8 Å². The number of fused-ring (bicyclic) bond motifs is 1. The Labute approximate surface area is 402 Å². The second-order valence-electron chi connectivity index (χ2n) is 14.2. The minimum Gasteiger partial charge on any atom is -0.489 e. The summed E-state index contributed by atoms with van der Waals surface area (Å²) >= 11 is 5.41. The van der Waals surface area contributed by atoms with Crippen molar-refractivity contribution < 1.29 is 29.0 Å². The number of hydrogen-bond donors (Lipinski definition) is 6. The first kappa shape index (κ1) is 60.4. The number of anilines is 4. The fraction of sp³-hybridized carbons (Fsp3) is 0.340. The van der Waals surface area contributed by atoms with Gasteiger partial charge in [-0.05, 0) is 101 Å².